The Labute approximate surface area is 103 Å². The summed E-state index contributed by atoms with van der Waals surface area (Å²) in [5.74, 6) is -1.19. The first-order valence-corrected chi connectivity index (χ1v) is 5.72. The lowest BCUT2D eigenvalue weighted by Crippen LogP contribution is -2.27. The van der Waals surface area contributed by atoms with Crippen LogP contribution in [0, 0.1) is 5.82 Å². The molecule has 0 saturated heterocycles. The number of likely N-dealkylation sites (N-methyl/N-ethyl adjacent to an activating group) is 1. The summed E-state index contributed by atoms with van der Waals surface area (Å²) >= 11 is 0. The first-order chi connectivity index (χ1) is 8.46. The molecule has 2 nitrogen and oxygen atoms in total. The lowest BCUT2D eigenvalue weighted by atomic mass is 10.1. The van der Waals surface area contributed by atoms with Gasteiger partial charge in [0.05, 0.1) is 5.56 Å². The summed E-state index contributed by atoms with van der Waals surface area (Å²) in [7, 11) is 0. The average molecular weight is 264 g/mol. The minimum absolute atomic E-state index is 0.0290. The quantitative estimate of drug-likeness (QED) is 0.609. The van der Waals surface area contributed by atoms with E-state index in [2.05, 4.69) is 10.6 Å². The normalized spacial score (nSPS) is 11.8. The molecule has 1 aromatic carbocycles. The van der Waals surface area contributed by atoms with E-state index in [9.17, 15) is 17.6 Å². The van der Waals surface area contributed by atoms with Gasteiger partial charge in [-0.05, 0) is 12.6 Å². The van der Waals surface area contributed by atoms with Crippen LogP contribution in [-0.2, 0) is 12.7 Å². The van der Waals surface area contributed by atoms with E-state index in [-0.39, 0.29) is 12.1 Å². The molecular formula is C12H16F4N2. The number of hydrogen-bond donors (Lipinski definition) is 2. The highest BCUT2D eigenvalue weighted by Crippen LogP contribution is 2.32. The fourth-order valence-electron chi connectivity index (χ4n) is 1.51. The Morgan fingerprint density at radius 1 is 1.11 bits per heavy atom. The van der Waals surface area contributed by atoms with Gasteiger partial charge in [0.2, 0.25) is 0 Å². The molecule has 0 bridgehead atoms. The summed E-state index contributed by atoms with van der Waals surface area (Å²) in [4.78, 5) is 0. The summed E-state index contributed by atoms with van der Waals surface area (Å²) in [6.45, 7) is 4.12. The van der Waals surface area contributed by atoms with Crippen LogP contribution in [0.25, 0.3) is 0 Å². The molecule has 18 heavy (non-hydrogen) atoms. The number of nitrogens with one attached hydrogen (secondary N) is 2. The van der Waals surface area contributed by atoms with E-state index in [0.29, 0.717) is 13.1 Å². The Morgan fingerprint density at radius 2 is 1.78 bits per heavy atom. The van der Waals surface area contributed by atoms with Gasteiger partial charge in [0, 0.05) is 25.2 Å². The highest BCUT2D eigenvalue weighted by atomic mass is 19.4. The Kier molecular flexibility index (Phi) is 5.55. The number of alkyl halides is 3. The van der Waals surface area contributed by atoms with Crippen LogP contribution in [0.5, 0.6) is 0 Å². The molecular weight excluding hydrogens is 248 g/mol. The van der Waals surface area contributed by atoms with Crippen molar-refractivity contribution in [2.75, 3.05) is 19.6 Å². The van der Waals surface area contributed by atoms with E-state index in [1.165, 1.54) is 12.1 Å². The second-order valence-corrected chi connectivity index (χ2v) is 3.81. The summed E-state index contributed by atoms with van der Waals surface area (Å²) in [5.41, 5.74) is -1.19. The maximum absolute atomic E-state index is 13.6. The minimum atomic E-state index is -4.65. The third kappa shape index (κ3) is 4.27. The van der Waals surface area contributed by atoms with Gasteiger partial charge >= 0.3 is 6.18 Å². The minimum Gasteiger partial charge on any atom is -0.316 e. The molecule has 1 aromatic rings. The predicted molar refractivity (Wildman–Crippen MR) is 61.7 cm³/mol. The molecule has 0 aromatic heterocycles. The van der Waals surface area contributed by atoms with Gasteiger partial charge in [-0.15, -0.1) is 0 Å². The zero-order valence-electron chi connectivity index (χ0n) is 10.1. The molecule has 102 valence electrons. The molecule has 0 saturated carbocycles. The molecule has 0 aliphatic rings. The van der Waals surface area contributed by atoms with Gasteiger partial charge in [0.15, 0.2) is 0 Å². The van der Waals surface area contributed by atoms with Crippen LogP contribution >= 0.6 is 0 Å². The van der Waals surface area contributed by atoms with Gasteiger partial charge < -0.3 is 10.6 Å². The monoisotopic (exact) mass is 264 g/mol. The van der Waals surface area contributed by atoms with Crippen LogP contribution < -0.4 is 10.6 Å². The lowest BCUT2D eigenvalue weighted by Gasteiger charge is -2.11. The van der Waals surface area contributed by atoms with Gasteiger partial charge in [0.1, 0.15) is 5.82 Å². The van der Waals surface area contributed by atoms with Crippen LogP contribution in [0.4, 0.5) is 17.6 Å². The Bertz CT molecular complexity index is 377. The smallest absolute Gasteiger partial charge is 0.316 e. The van der Waals surface area contributed by atoms with Crippen molar-refractivity contribution in [3.63, 3.8) is 0 Å². The molecule has 0 heterocycles. The number of halogens is 4. The van der Waals surface area contributed by atoms with Crippen LogP contribution in [0.1, 0.15) is 18.1 Å². The largest absolute Gasteiger partial charge is 0.419 e. The van der Waals surface area contributed by atoms with E-state index in [1.54, 1.807) is 0 Å². The fraction of sp³-hybridized carbons (Fsp3) is 0.500. The van der Waals surface area contributed by atoms with E-state index < -0.39 is 17.6 Å². The highest BCUT2D eigenvalue weighted by Gasteiger charge is 2.34. The summed E-state index contributed by atoms with van der Waals surface area (Å²) < 4.78 is 50.9. The zero-order valence-corrected chi connectivity index (χ0v) is 10.1. The molecule has 0 fully saturated rings. The van der Waals surface area contributed by atoms with Crippen molar-refractivity contribution >= 4 is 0 Å². The Morgan fingerprint density at radius 3 is 2.39 bits per heavy atom. The van der Waals surface area contributed by atoms with Crippen molar-refractivity contribution in [3.8, 4) is 0 Å². The maximum Gasteiger partial charge on any atom is 0.419 e. The zero-order chi connectivity index (χ0) is 13.6. The highest BCUT2D eigenvalue weighted by molar-refractivity contribution is 5.28. The van der Waals surface area contributed by atoms with Gasteiger partial charge in [-0.1, -0.05) is 19.1 Å². The maximum atomic E-state index is 13.6. The topological polar surface area (TPSA) is 24.1 Å². The Hall–Kier alpha value is -1.14. The molecule has 0 atom stereocenters. The van der Waals surface area contributed by atoms with Crippen molar-refractivity contribution in [2.45, 2.75) is 19.6 Å². The van der Waals surface area contributed by atoms with Crippen LogP contribution in [-0.4, -0.2) is 19.6 Å². The van der Waals surface area contributed by atoms with Crippen molar-refractivity contribution in [3.05, 3.63) is 35.1 Å². The molecule has 0 spiro atoms. The van der Waals surface area contributed by atoms with Gasteiger partial charge in [-0.25, -0.2) is 4.39 Å². The number of hydrogen-bond acceptors (Lipinski definition) is 2. The average Bonchev–Trinajstić information content (AvgIpc) is 2.29. The SMILES string of the molecule is CCNCCNCc1cccc(C(F)(F)F)c1F. The van der Waals surface area contributed by atoms with Crippen LogP contribution in [0.15, 0.2) is 18.2 Å². The van der Waals surface area contributed by atoms with Crippen LogP contribution in [0.3, 0.4) is 0 Å². The molecule has 0 unspecified atom stereocenters. The third-order valence-corrected chi connectivity index (χ3v) is 2.43. The van der Waals surface area contributed by atoms with E-state index >= 15 is 0 Å². The molecule has 6 heteroatoms. The predicted octanol–water partition coefficient (Wildman–Crippen LogP) is 2.54. The number of benzene rings is 1. The van der Waals surface area contributed by atoms with Crippen molar-refractivity contribution in [1.29, 1.82) is 0 Å². The van der Waals surface area contributed by atoms with E-state index in [4.69, 9.17) is 0 Å². The van der Waals surface area contributed by atoms with Gasteiger partial charge in [-0.3, -0.25) is 0 Å². The summed E-state index contributed by atoms with van der Waals surface area (Å²) in [6, 6.07) is 3.31. The van der Waals surface area contributed by atoms with Crippen molar-refractivity contribution in [2.24, 2.45) is 0 Å². The first-order valence-electron chi connectivity index (χ1n) is 5.72. The van der Waals surface area contributed by atoms with Gasteiger partial charge in [0.25, 0.3) is 0 Å². The first kappa shape index (κ1) is 14.9. The molecule has 0 amide bonds. The van der Waals surface area contributed by atoms with Crippen molar-refractivity contribution < 1.29 is 17.6 Å². The number of rotatable bonds is 6. The Balaban J connectivity index is 2.62. The van der Waals surface area contributed by atoms with E-state index in [1.807, 2.05) is 6.92 Å². The molecule has 0 aliphatic heterocycles. The second-order valence-electron chi connectivity index (χ2n) is 3.81. The second kappa shape index (κ2) is 6.70. The summed E-state index contributed by atoms with van der Waals surface area (Å²) in [6.07, 6.45) is -4.65. The molecule has 1 rings (SSSR count). The fourth-order valence-corrected chi connectivity index (χ4v) is 1.51. The van der Waals surface area contributed by atoms with E-state index in [0.717, 1.165) is 12.6 Å². The lowest BCUT2D eigenvalue weighted by molar-refractivity contribution is -0.140. The van der Waals surface area contributed by atoms with Crippen LogP contribution in [0.2, 0.25) is 0 Å². The molecule has 0 aliphatic carbocycles. The standard InChI is InChI=1S/C12H16F4N2/c1-2-17-6-7-18-8-9-4-3-5-10(11(9)13)12(14,15)16/h3-5,17-18H,2,6-8H2,1H3. The molecule has 2 N–H and O–H groups in total. The summed E-state index contributed by atoms with van der Waals surface area (Å²) in [5, 5.41) is 5.93. The van der Waals surface area contributed by atoms with Crippen molar-refractivity contribution in [1.82, 2.24) is 10.6 Å². The van der Waals surface area contributed by atoms with Gasteiger partial charge in [-0.2, -0.15) is 13.2 Å². The molecule has 0 radical (unpaired) electrons. The third-order valence-electron chi connectivity index (χ3n) is 2.43.